The second-order valence-electron chi connectivity index (χ2n) is 4.71. The van der Waals surface area contributed by atoms with Crippen molar-refractivity contribution in [1.29, 1.82) is 0 Å². The highest BCUT2D eigenvalue weighted by molar-refractivity contribution is 6.00. The molecule has 0 spiro atoms. The van der Waals surface area contributed by atoms with E-state index in [0.717, 1.165) is 23.1 Å². The fourth-order valence-corrected chi connectivity index (χ4v) is 2.32. The topological polar surface area (TPSA) is 29.1 Å². The van der Waals surface area contributed by atoms with E-state index < -0.39 is 0 Å². The summed E-state index contributed by atoms with van der Waals surface area (Å²) in [6, 6.07) is 18.1. The zero-order valence-corrected chi connectivity index (χ0v) is 10.6. The van der Waals surface area contributed by atoms with Gasteiger partial charge in [-0.2, -0.15) is 0 Å². The lowest BCUT2D eigenvalue weighted by Gasteiger charge is -2.05. The zero-order valence-electron chi connectivity index (χ0n) is 10.6. The van der Waals surface area contributed by atoms with E-state index in [2.05, 4.69) is 11.4 Å². The number of nitrogens with one attached hydrogen (secondary N) is 1. The molecule has 1 aliphatic rings. The summed E-state index contributed by atoms with van der Waals surface area (Å²) in [5.74, 6) is 0.0278. The van der Waals surface area contributed by atoms with Gasteiger partial charge in [0.2, 0.25) is 5.91 Å². The van der Waals surface area contributed by atoms with Crippen LogP contribution in [0.15, 0.2) is 60.2 Å². The van der Waals surface area contributed by atoms with Gasteiger partial charge in [-0.1, -0.05) is 54.6 Å². The molecule has 3 rings (SSSR count). The maximum Gasteiger partial charge on any atom is 0.247 e. The number of amides is 1. The highest BCUT2D eigenvalue weighted by Gasteiger charge is 2.17. The average molecular weight is 249 g/mol. The average Bonchev–Trinajstić information content (AvgIpc) is 2.90. The van der Waals surface area contributed by atoms with E-state index in [-0.39, 0.29) is 5.91 Å². The summed E-state index contributed by atoms with van der Waals surface area (Å²) < 4.78 is 0. The minimum atomic E-state index is 0.0278. The highest BCUT2D eigenvalue weighted by Crippen LogP contribution is 2.24. The van der Waals surface area contributed by atoms with E-state index in [1.165, 1.54) is 5.56 Å². The SMILES string of the molecule is O=C(NCc1ccccc1)C1=Cc2ccccc2C1. The third-order valence-corrected chi connectivity index (χ3v) is 3.35. The van der Waals surface area contributed by atoms with Crippen LogP contribution in [0.1, 0.15) is 16.7 Å². The summed E-state index contributed by atoms with van der Waals surface area (Å²) in [7, 11) is 0. The highest BCUT2D eigenvalue weighted by atomic mass is 16.1. The second-order valence-corrected chi connectivity index (χ2v) is 4.71. The fourth-order valence-electron chi connectivity index (χ4n) is 2.32. The molecule has 0 bridgehead atoms. The molecule has 0 unspecified atom stereocenters. The van der Waals surface area contributed by atoms with Gasteiger partial charge in [0.15, 0.2) is 0 Å². The normalized spacial score (nSPS) is 12.7. The minimum Gasteiger partial charge on any atom is -0.348 e. The minimum absolute atomic E-state index is 0.0278. The van der Waals surface area contributed by atoms with Gasteiger partial charge in [0.05, 0.1) is 0 Å². The first-order chi connectivity index (χ1) is 9.33. The van der Waals surface area contributed by atoms with Crippen molar-refractivity contribution in [3.8, 4) is 0 Å². The number of carbonyl (C=O) groups is 1. The molecule has 0 radical (unpaired) electrons. The molecule has 94 valence electrons. The zero-order chi connectivity index (χ0) is 13.1. The quantitative estimate of drug-likeness (QED) is 0.890. The van der Waals surface area contributed by atoms with Crippen LogP contribution in [0.2, 0.25) is 0 Å². The monoisotopic (exact) mass is 249 g/mol. The van der Waals surface area contributed by atoms with Gasteiger partial charge in [0.1, 0.15) is 0 Å². The lowest BCUT2D eigenvalue weighted by atomic mass is 10.1. The van der Waals surface area contributed by atoms with E-state index in [4.69, 9.17) is 0 Å². The van der Waals surface area contributed by atoms with Crippen LogP contribution < -0.4 is 5.32 Å². The molecule has 2 nitrogen and oxygen atoms in total. The first-order valence-corrected chi connectivity index (χ1v) is 6.43. The summed E-state index contributed by atoms with van der Waals surface area (Å²) in [5, 5.41) is 2.97. The van der Waals surface area contributed by atoms with E-state index >= 15 is 0 Å². The summed E-state index contributed by atoms with van der Waals surface area (Å²) in [4.78, 5) is 12.1. The molecule has 0 fully saturated rings. The number of hydrogen-bond acceptors (Lipinski definition) is 1. The van der Waals surface area contributed by atoms with Crippen molar-refractivity contribution < 1.29 is 4.79 Å². The van der Waals surface area contributed by atoms with Gasteiger partial charge in [0, 0.05) is 18.5 Å². The Balaban J connectivity index is 1.64. The number of fused-ring (bicyclic) bond motifs is 1. The maximum absolute atomic E-state index is 12.1. The summed E-state index contributed by atoms with van der Waals surface area (Å²) in [6.07, 6.45) is 2.71. The Morgan fingerprint density at radius 1 is 1.00 bits per heavy atom. The number of carbonyl (C=O) groups excluding carboxylic acids is 1. The van der Waals surface area contributed by atoms with Gasteiger partial charge in [0.25, 0.3) is 0 Å². The van der Waals surface area contributed by atoms with Crippen molar-refractivity contribution in [2.24, 2.45) is 0 Å². The Hall–Kier alpha value is -2.35. The Morgan fingerprint density at radius 3 is 2.53 bits per heavy atom. The van der Waals surface area contributed by atoms with E-state index in [0.29, 0.717) is 6.54 Å². The van der Waals surface area contributed by atoms with Crippen molar-refractivity contribution in [3.05, 3.63) is 76.9 Å². The molecule has 0 aliphatic heterocycles. The molecule has 1 N–H and O–H groups in total. The van der Waals surface area contributed by atoms with Crippen molar-refractivity contribution in [1.82, 2.24) is 5.32 Å². The van der Waals surface area contributed by atoms with E-state index in [1.54, 1.807) is 0 Å². The van der Waals surface area contributed by atoms with Crippen molar-refractivity contribution in [2.45, 2.75) is 13.0 Å². The van der Waals surface area contributed by atoms with E-state index in [1.807, 2.05) is 54.6 Å². The molecular formula is C17H15NO. The Labute approximate surface area is 112 Å². The Bertz CT molecular complexity index is 629. The third-order valence-electron chi connectivity index (χ3n) is 3.35. The number of rotatable bonds is 3. The molecule has 1 amide bonds. The third kappa shape index (κ3) is 2.58. The van der Waals surface area contributed by atoms with E-state index in [9.17, 15) is 4.79 Å². The molecule has 0 saturated carbocycles. The molecule has 0 atom stereocenters. The van der Waals surface area contributed by atoms with Gasteiger partial charge in [-0.15, -0.1) is 0 Å². The summed E-state index contributed by atoms with van der Waals surface area (Å²) in [5.41, 5.74) is 4.35. The smallest absolute Gasteiger partial charge is 0.247 e. The van der Waals surface area contributed by atoms with Gasteiger partial charge in [-0.3, -0.25) is 4.79 Å². The van der Waals surface area contributed by atoms with Crippen LogP contribution in [-0.4, -0.2) is 5.91 Å². The Morgan fingerprint density at radius 2 is 1.74 bits per heavy atom. The van der Waals surface area contributed by atoms with Crippen LogP contribution in [0, 0.1) is 0 Å². The lowest BCUT2D eigenvalue weighted by molar-refractivity contribution is -0.117. The summed E-state index contributed by atoms with van der Waals surface area (Å²) >= 11 is 0. The first-order valence-electron chi connectivity index (χ1n) is 6.43. The predicted octanol–water partition coefficient (Wildman–Crippen LogP) is 2.94. The second kappa shape index (κ2) is 5.11. The van der Waals surface area contributed by atoms with Crippen molar-refractivity contribution in [3.63, 3.8) is 0 Å². The van der Waals surface area contributed by atoms with Crippen molar-refractivity contribution in [2.75, 3.05) is 0 Å². The number of benzene rings is 2. The molecule has 2 heteroatoms. The molecular weight excluding hydrogens is 234 g/mol. The molecule has 0 saturated heterocycles. The van der Waals surface area contributed by atoms with Crippen LogP contribution in [0.3, 0.4) is 0 Å². The molecule has 1 aliphatic carbocycles. The van der Waals surface area contributed by atoms with Gasteiger partial charge < -0.3 is 5.32 Å². The fraction of sp³-hybridized carbons (Fsp3) is 0.118. The molecule has 0 aromatic heterocycles. The molecule has 2 aromatic carbocycles. The van der Waals surface area contributed by atoms with Crippen LogP contribution in [0.5, 0.6) is 0 Å². The number of hydrogen-bond donors (Lipinski definition) is 1. The Kier molecular flexibility index (Phi) is 3.15. The van der Waals surface area contributed by atoms with Gasteiger partial charge in [-0.05, 0) is 22.8 Å². The van der Waals surface area contributed by atoms with Crippen LogP contribution in [-0.2, 0) is 17.8 Å². The van der Waals surface area contributed by atoms with Gasteiger partial charge >= 0.3 is 0 Å². The van der Waals surface area contributed by atoms with Crippen LogP contribution in [0.4, 0.5) is 0 Å². The maximum atomic E-state index is 12.1. The molecule has 19 heavy (non-hydrogen) atoms. The largest absolute Gasteiger partial charge is 0.348 e. The standard InChI is InChI=1S/C17H15NO/c19-17(18-12-13-6-2-1-3-7-13)16-10-14-8-4-5-9-15(14)11-16/h1-10H,11-12H2,(H,18,19). The lowest BCUT2D eigenvalue weighted by Crippen LogP contribution is -2.24. The van der Waals surface area contributed by atoms with Crippen molar-refractivity contribution >= 4 is 12.0 Å². The molecule has 0 heterocycles. The van der Waals surface area contributed by atoms with Crippen LogP contribution >= 0.6 is 0 Å². The first kappa shape index (κ1) is 11.7. The van der Waals surface area contributed by atoms with Gasteiger partial charge in [-0.25, -0.2) is 0 Å². The summed E-state index contributed by atoms with van der Waals surface area (Å²) in [6.45, 7) is 0.577. The van der Waals surface area contributed by atoms with Crippen LogP contribution in [0.25, 0.3) is 6.08 Å². The predicted molar refractivity (Wildman–Crippen MR) is 76.4 cm³/mol. The molecule has 2 aromatic rings.